The molecule has 2 N–H and O–H groups in total. The van der Waals surface area contributed by atoms with Gasteiger partial charge in [-0.3, -0.25) is 0 Å². The molecule has 0 bridgehead atoms. The van der Waals surface area contributed by atoms with Crippen molar-refractivity contribution in [2.24, 2.45) is 5.73 Å². The maximum absolute atomic E-state index is 6.80. The zero-order valence-corrected chi connectivity index (χ0v) is 12.8. The van der Waals surface area contributed by atoms with E-state index in [0.717, 1.165) is 25.0 Å². The number of fused-ring (bicyclic) bond motifs is 1. The predicted molar refractivity (Wildman–Crippen MR) is 86.6 cm³/mol. The fraction of sp³-hybridized carbons (Fsp3) is 0.368. The SMILES string of the molecule is CC(C)Oc1ccc(C2(N)CCCc3ccccc32)cc1. The minimum absolute atomic E-state index is 0.193. The summed E-state index contributed by atoms with van der Waals surface area (Å²) in [7, 11) is 0. The van der Waals surface area contributed by atoms with Crippen LogP contribution in [0.3, 0.4) is 0 Å². The highest BCUT2D eigenvalue weighted by Crippen LogP contribution is 2.38. The van der Waals surface area contributed by atoms with Crippen molar-refractivity contribution in [3.05, 3.63) is 65.2 Å². The molecule has 0 aliphatic heterocycles. The summed E-state index contributed by atoms with van der Waals surface area (Å²) in [4.78, 5) is 0. The van der Waals surface area contributed by atoms with E-state index in [2.05, 4.69) is 36.4 Å². The molecule has 0 aromatic heterocycles. The molecule has 2 aromatic carbocycles. The Hall–Kier alpha value is -1.80. The summed E-state index contributed by atoms with van der Waals surface area (Å²) in [6, 6.07) is 16.8. The Morgan fingerprint density at radius 2 is 1.76 bits per heavy atom. The second-order valence-electron chi connectivity index (χ2n) is 6.17. The summed E-state index contributed by atoms with van der Waals surface area (Å²) in [6.07, 6.45) is 3.45. The van der Waals surface area contributed by atoms with E-state index >= 15 is 0 Å². The van der Waals surface area contributed by atoms with Gasteiger partial charge in [-0.25, -0.2) is 0 Å². The Labute approximate surface area is 126 Å². The first-order chi connectivity index (χ1) is 10.1. The van der Waals surface area contributed by atoms with Crippen LogP contribution in [0.5, 0.6) is 5.75 Å². The molecule has 0 radical (unpaired) electrons. The third-order valence-corrected chi connectivity index (χ3v) is 4.26. The van der Waals surface area contributed by atoms with Gasteiger partial charge in [-0.05, 0) is 61.9 Å². The Kier molecular flexibility index (Phi) is 3.73. The molecule has 0 heterocycles. The summed E-state index contributed by atoms with van der Waals surface area (Å²) < 4.78 is 5.72. The average molecular weight is 281 g/mol. The zero-order valence-electron chi connectivity index (χ0n) is 12.8. The van der Waals surface area contributed by atoms with E-state index in [4.69, 9.17) is 10.5 Å². The molecule has 3 rings (SSSR count). The van der Waals surface area contributed by atoms with Crippen LogP contribution >= 0.6 is 0 Å². The lowest BCUT2D eigenvalue weighted by Crippen LogP contribution is -2.41. The predicted octanol–water partition coefficient (Wildman–Crippen LogP) is 4.01. The summed E-state index contributed by atoms with van der Waals surface area (Å²) >= 11 is 0. The van der Waals surface area contributed by atoms with Crippen LogP contribution in [0.1, 0.15) is 43.4 Å². The number of aryl methyl sites for hydroxylation is 1. The fourth-order valence-electron chi connectivity index (χ4n) is 3.27. The Bertz CT molecular complexity index is 618. The van der Waals surface area contributed by atoms with Crippen LogP contribution in [-0.2, 0) is 12.0 Å². The van der Waals surface area contributed by atoms with Crippen molar-refractivity contribution < 1.29 is 4.74 Å². The highest BCUT2D eigenvalue weighted by atomic mass is 16.5. The number of ether oxygens (including phenoxy) is 1. The topological polar surface area (TPSA) is 35.2 Å². The van der Waals surface area contributed by atoms with Gasteiger partial charge >= 0.3 is 0 Å². The molecule has 1 aliphatic carbocycles. The molecule has 110 valence electrons. The van der Waals surface area contributed by atoms with E-state index in [1.807, 2.05) is 26.0 Å². The fourth-order valence-corrected chi connectivity index (χ4v) is 3.27. The molecular weight excluding hydrogens is 258 g/mol. The first kappa shape index (κ1) is 14.2. The van der Waals surface area contributed by atoms with Crippen molar-refractivity contribution >= 4 is 0 Å². The van der Waals surface area contributed by atoms with Crippen LogP contribution in [0.15, 0.2) is 48.5 Å². The molecule has 21 heavy (non-hydrogen) atoms. The summed E-state index contributed by atoms with van der Waals surface area (Å²) in [5, 5.41) is 0. The van der Waals surface area contributed by atoms with Gasteiger partial charge < -0.3 is 10.5 Å². The summed E-state index contributed by atoms with van der Waals surface area (Å²) in [6.45, 7) is 4.07. The van der Waals surface area contributed by atoms with Gasteiger partial charge in [0.15, 0.2) is 0 Å². The first-order valence-electron chi connectivity index (χ1n) is 7.74. The minimum atomic E-state index is -0.370. The van der Waals surface area contributed by atoms with E-state index in [1.54, 1.807) is 0 Å². The lowest BCUT2D eigenvalue weighted by molar-refractivity contribution is 0.242. The van der Waals surface area contributed by atoms with Crippen molar-refractivity contribution in [1.82, 2.24) is 0 Å². The van der Waals surface area contributed by atoms with Crippen molar-refractivity contribution in [3.8, 4) is 5.75 Å². The van der Waals surface area contributed by atoms with Gasteiger partial charge in [0.25, 0.3) is 0 Å². The summed E-state index contributed by atoms with van der Waals surface area (Å²) in [5.41, 5.74) is 10.3. The molecule has 1 unspecified atom stereocenters. The first-order valence-corrected chi connectivity index (χ1v) is 7.74. The zero-order chi connectivity index (χ0) is 14.9. The molecule has 0 spiro atoms. The smallest absolute Gasteiger partial charge is 0.119 e. The van der Waals surface area contributed by atoms with Gasteiger partial charge in [0.1, 0.15) is 5.75 Å². The number of benzene rings is 2. The molecule has 0 fully saturated rings. The highest BCUT2D eigenvalue weighted by Gasteiger charge is 2.33. The highest BCUT2D eigenvalue weighted by molar-refractivity contribution is 5.45. The minimum Gasteiger partial charge on any atom is -0.491 e. The second kappa shape index (κ2) is 5.53. The Morgan fingerprint density at radius 1 is 1.05 bits per heavy atom. The number of hydrogen-bond donors (Lipinski definition) is 1. The second-order valence-corrected chi connectivity index (χ2v) is 6.17. The van der Waals surface area contributed by atoms with Gasteiger partial charge in [-0.1, -0.05) is 36.4 Å². The Balaban J connectivity index is 1.96. The lowest BCUT2D eigenvalue weighted by atomic mass is 9.73. The molecule has 1 aliphatic rings. The average Bonchev–Trinajstić information content (AvgIpc) is 2.48. The molecule has 0 saturated carbocycles. The van der Waals surface area contributed by atoms with Crippen LogP contribution < -0.4 is 10.5 Å². The number of hydrogen-bond acceptors (Lipinski definition) is 2. The van der Waals surface area contributed by atoms with E-state index in [1.165, 1.54) is 16.7 Å². The van der Waals surface area contributed by atoms with E-state index in [0.29, 0.717) is 0 Å². The normalized spacial score (nSPS) is 21.1. The Morgan fingerprint density at radius 3 is 2.48 bits per heavy atom. The monoisotopic (exact) mass is 281 g/mol. The molecular formula is C19H23NO. The van der Waals surface area contributed by atoms with E-state index in [9.17, 15) is 0 Å². The molecule has 2 heteroatoms. The van der Waals surface area contributed by atoms with Crippen LogP contribution in [0.25, 0.3) is 0 Å². The quantitative estimate of drug-likeness (QED) is 0.922. The summed E-state index contributed by atoms with van der Waals surface area (Å²) in [5.74, 6) is 0.904. The van der Waals surface area contributed by atoms with E-state index in [-0.39, 0.29) is 11.6 Å². The standard InChI is InChI=1S/C19H23NO/c1-14(2)21-17-11-9-16(10-12-17)19(20)13-5-7-15-6-3-4-8-18(15)19/h3-4,6,8-12,14H,5,7,13,20H2,1-2H3. The lowest BCUT2D eigenvalue weighted by Gasteiger charge is -2.36. The van der Waals surface area contributed by atoms with Crippen LogP contribution in [0, 0.1) is 0 Å². The molecule has 2 nitrogen and oxygen atoms in total. The third-order valence-electron chi connectivity index (χ3n) is 4.26. The largest absolute Gasteiger partial charge is 0.491 e. The van der Waals surface area contributed by atoms with Crippen molar-refractivity contribution in [3.63, 3.8) is 0 Å². The maximum atomic E-state index is 6.80. The van der Waals surface area contributed by atoms with Gasteiger partial charge in [0.05, 0.1) is 11.6 Å². The van der Waals surface area contributed by atoms with Crippen molar-refractivity contribution in [2.45, 2.75) is 44.8 Å². The van der Waals surface area contributed by atoms with Gasteiger partial charge in [0, 0.05) is 0 Å². The van der Waals surface area contributed by atoms with Gasteiger partial charge in [-0.2, -0.15) is 0 Å². The van der Waals surface area contributed by atoms with Crippen LogP contribution in [-0.4, -0.2) is 6.10 Å². The van der Waals surface area contributed by atoms with Gasteiger partial charge in [0.2, 0.25) is 0 Å². The van der Waals surface area contributed by atoms with Crippen LogP contribution in [0.4, 0.5) is 0 Å². The molecule has 2 aromatic rings. The van der Waals surface area contributed by atoms with Crippen molar-refractivity contribution in [2.75, 3.05) is 0 Å². The molecule has 0 saturated heterocycles. The van der Waals surface area contributed by atoms with Crippen molar-refractivity contribution in [1.29, 1.82) is 0 Å². The number of rotatable bonds is 3. The van der Waals surface area contributed by atoms with Gasteiger partial charge in [-0.15, -0.1) is 0 Å². The van der Waals surface area contributed by atoms with E-state index < -0.39 is 0 Å². The number of nitrogens with two attached hydrogens (primary N) is 1. The molecule has 1 atom stereocenters. The third kappa shape index (κ3) is 2.68. The van der Waals surface area contributed by atoms with Crippen LogP contribution in [0.2, 0.25) is 0 Å². The molecule has 0 amide bonds. The maximum Gasteiger partial charge on any atom is 0.119 e.